The average molecular weight is 377 g/mol. The molecule has 0 fully saturated rings. The van der Waals surface area contributed by atoms with Crippen LogP contribution in [0.5, 0.6) is 5.75 Å². The number of methoxy groups -OCH3 is 1. The van der Waals surface area contributed by atoms with Crippen molar-refractivity contribution >= 4 is 58.2 Å². The summed E-state index contributed by atoms with van der Waals surface area (Å²) in [5, 5.41) is 2.14. The fourth-order valence-electron chi connectivity index (χ4n) is 2.20. The third kappa shape index (κ3) is 2.15. The molecule has 0 unspecified atom stereocenters. The zero-order valence-corrected chi connectivity index (χ0v) is 14.4. The maximum atomic E-state index is 5.61. The van der Waals surface area contributed by atoms with Crippen molar-refractivity contribution in [3.05, 3.63) is 47.1 Å². The van der Waals surface area contributed by atoms with Crippen LogP contribution in [0.1, 0.15) is 0 Å². The molecule has 0 bridgehead atoms. The van der Waals surface area contributed by atoms with E-state index in [1.807, 2.05) is 24.3 Å². The fraction of sp³-hybridized carbons (Fsp3) is 0.0667. The molecule has 6 heteroatoms. The number of aromatic nitrogens is 2. The molecule has 2 heterocycles. The van der Waals surface area contributed by atoms with E-state index in [9.17, 15) is 0 Å². The van der Waals surface area contributed by atoms with E-state index in [1.165, 1.54) is 9.65 Å². The molecule has 0 aliphatic rings. The number of ether oxygens (including phenoxy) is 1. The number of fused-ring (bicyclic) bond motifs is 2. The van der Waals surface area contributed by atoms with Crippen molar-refractivity contribution in [2.45, 2.75) is 0 Å². The molecule has 0 atom stereocenters. The van der Waals surface area contributed by atoms with Crippen LogP contribution in [0.4, 0.5) is 0 Å². The van der Waals surface area contributed by atoms with Crippen molar-refractivity contribution in [3.63, 3.8) is 0 Å². The molecular weight excluding hydrogens is 367 g/mol. The summed E-state index contributed by atoms with van der Waals surface area (Å²) in [7, 11) is 1.68. The van der Waals surface area contributed by atoms with E-state index in [2.05, 4.69) is 21.8 Å². The first kappa shape index (κ1) is 13.2. The van der Waals surface area contributed by atoms with Crippen molar-refractivity contribution in [1.29, 1.82) is 0 Å². The van der Waals surface area contributed by atoms with Crippen molar-refractivity contribution in [2.75, 3.05) is 7.11 Å². The van der Waals surface area contributed by atoms with Crippen LogP contribution in [0, 0.1) is 4.64 Å². The summed E-state index contributed by atoms with van der Waals surface area (Å²) in [5.74, 6) is 0.857. The van der Waals surface area contributed by atoms with Gasteiger partial charge in [0, 0.05) is 0 Å². The second kappa shape index (κ2) is 5.07. The molecule has 104 valence electrons. The Kier molecular flexibility index (Phi) is 3.19. The van der Waals surface area contributed by atoms with Crippen molar-refractivity contribution in [2.24, 2.45) is 0 Å². The molecule has 21 heavy (non-hydrogen) atoms. The van der Waals surface area contributed by atoms with Crippen molar-refractivity contribution < 1.29 is 4.74 Å². The third-order valence-corrected chi connectivity index (χ3v) is 7.47. The van der Waals surface area contributed by atoms with Gasteiger partial charge in [-0.2, -0.15) is 0 Å². The van der Waals surface area contributed by atoms with E-state index in [1.54, 1.807) is 18.4 Å². The normalized spacial score (nSPS) is 11.3. The number of rotatable bonds is 2. The Morgan fingerprint density at radius 2 is 2.10 bits per heavy atom. The zero-order chi connectivity index (χ0) is 14.4. The van der Waals surface area contributed by atoms with E-state index in [0.29, 0.717) is 0 Å². The molecule has 2 aromatic heterocycles. The Hall–Kier alpha value is -1.46. The van der Waals surface area contributed by atoms with Crippen LogP contribution >= 0.6 is 23.6 Å². The van der Waals surface area contributed by atoms with Gasteiger partial charge in [-0.15, -0.1) is 0 Å². The summed E-state index contributed by atoms with van der Waals surface area (Å²) >= 11 is 7.45. The second-order valence-electron chi connectivity index (χ2n) is 4.52. The average Bonchev–Trinajstić information content (AvgIpc) is 3.08. The van der Waals surface area contributed by atoms with Gasteiger partial charge in [-0.1, -0.05) is 0 Å². The zero-order valence-electron chi connectivity index (χ0n) is 11.1. The van der Waals surface area contributed by atoms with E-state index < -0.39 is 0 Å². The molecule has 0 radical (unpaired) electrons. The van der Waals surface area contributed by atoms with Crippen LogP contribution in [-0.2, 0) is 0 Å². The molecule has 0 N–H and O–H groups in total. The molecule has 4 aromatic rings. The molecule has 0 aliphatic carbocycles. The van der Waals surface area contributed by atoms with E-state index in [0.717, 1.165) is 25.7 Å². The summed E-state index contributed by atoms with van der Waals surface area (Å²) in [6.45, 7) is 0. The van der Waals surface area contributed by atoms with E-state index >= 15 is 0 Å². The molecule has 0 aliphatic heterocycles. The van der Waals surface area contributed by atoms with Gasteiger partial charge < -0.3 is 0 Å². The van der Waals surface area contributed by atoms with Crippen LogP contribution in [0.25, 0.3) is 25.0 Å². The van der Waals surface area contributed by atoms with Crippen LogP contribution in [-0.4, -0.2) is 30.4 Å². The minimum atomic E-state index is 0.172. The Balaban J connectivity index is 1.95. The molecule has 4 rings (SSSR count). The monoisotopic (exact) mass is 378 g/mol. The molecular formula is C15H10N2OS2Se. The van der Waals surface area contributed by atoms with E-state index in [-0.39, 0.29) is 14.7 Å². The molecule has 2 aromatic carbocycles. The van der Waals surface area contributed by atoms with Crippen molar-refractivity contribution in [1.82, 2.24) is 8.55 Å². The van der Waals surface area contributed by atoms with Crippen LogP contribution < -0.4 is 4.74 Å². The van der Waals surface area contributed by atoms with Crippen LogP contribution in [0.2, 0.25) is 0 Å². The number of thiazole rings is 1. The quantitative estimate of drug-likeness (QED) is 0.390. The van der Waals surface area contributed by atoms with Gasteiger partial charge in [0.25, 0.3) is 0 Å². The van der Waals surface area contributed by atoms with Crippen LogP contribution in [0.3, 0.4) is 0 Å². The number of benzene rings is 2. The van der Waals surface area contributed by atoms with Gasteiger partial charge in [0.05, 0.1) is 0 Å². The Morgan fingerprint density at radius 1 is 1.24 bits per heavy atom. The standard InChI is InChI=1S/C15H10N2OS2Se/c1-18-9-6-7-11-12(8-9)20-15(16-11)17-14(19)10-4-2-3-5-13(10)21-17/h2-8H,1H3. The number of nitrogens with zero attached hydrogens (tertiary/aromatic N) is 2. The first-order valence-electron chi connectivity index (χ1n) is 6.32. The number of hydrogen-bond acceptors (Lipinski definition) is 4. The van der Waals surface area contributed by atoms with Gasteiger partial charge in [0.2, 0.25) is 0 Å². The number of hydrogen-bond donors (Lipinski definition) is 0. The van der Waals surface area contributed by atoms with Gasteiger partial charge in [0.15, 0.2) is 0 Å². The molecule has 0 amide bonds. The Morgan fingerprint density at radius 3 is 2.90 bits per heavy atom. The second-order valence-corrected chi connectivity index (χ2v) is 7.98. The van der Waals surface area contributed by atoms with Crippen molar-refractivity contribution in [3.8, 4) is 10.9 Å². The molecule has 0 spiro atoms. The molecule has 0 saturated carbocycles. The maximum absolute atomic E-state index is 5.61. The fourth-order valence-corrected chi connectivity index (χ4v) is 6.09. The SMILES string of the molecule is COc1ccc2nc(-n3[se]c4ccccc4c3=S)sc2c1. The summed E-state index contributed by atoms with van der Waals surface area (Å²) in [6, 6.07) is 14.3. The van der Waals surface area contributed by atoms with Crippen LogP contribution in [0.15, 0.2) is 42.5 Å². The predicted octanol–water partition coefficient (Wildman–Crippen LogP) is 4.04. The van der Waals surface area contributed by atoms with Gasteiger partial charge in [-0.05, 0) is 0 Å². The summed E-state index contributed by atoms with van der Waals surface area (Å²) in [4.78, 5) is 4.72. The summed E-state index contributed by atoms with van der Waals surface area (Å²) in [5.41, 5.74) is 0.991. The topological polar surface area (TPSA) is 27.1 Å². The molecule has 3 nitrogen and oxygen atoms in total. The van der Waals surface area contributed by atoms with Gasteiger partial charge >= 0.3 is 137 Å². The Bertz CT molecular complexity index is 1020. The summed E-state index contributed by atoms with van der Waals surface area (Å²) < 4.78 is 10.8. The molecule has 0 saturated heterocycles. The Labute approximate surface area is 136 Å². The third-order valence-electron chi connectivity index (χ3n) is 3.25. The van der Waals surface area contributed by atoms with Gasteiger partial charge in [-0.25, -0.2) is 0 Å². The van der Waals surface area contributed by atoms with Gasteiger partial charge in [-0.3, -0.25) is 0 Å². The first-order valence-corrected chi connectivity index (χ1v) is 9.17. The minimum absolute atomic E-state index is 0.172. The first-order chi connectivity index (χ1) is 10.3. The summed E-state index contributed by atoms with van der Waals surface area (Å²) in [6.07, 6.45) is 0. The predicted molar refractivity (Wildman–Crippen MR) is 90.8 cm³/mol. The van der Waals surface area contributed by atoms with Gasteiger partial charge in [0.1, 0.15) is 0 Å². The van der Waals surface area contributed by atoms with E-state index in [4.69, 9.17) is 21.9 Å².